The van der Waals surface area contributed by atoms with Crippen LogP contribution in [-0.2, 0) is 14.4 Å². The van der Waals surface area contributed by atoms with Crippen LogP contribution in [0.4, 0.5) is 4.39 Å². The highest BCUT2D eigenvalue weighted by Gasteiger charge is 2.27. The number of nitrogens with zero attached hydrogens (tertiary/aromatic N) is 3. The van der Waals surface area contributed by atoms with Crippen molar-refractivity contribution in [3.05, 3.63) is 191 Å². The van der Waals surface area contributed by atoms with E-state index in [1.54, 1.807) is 77.4 Å². The molecular formula is C63H61ClFN3O12S3. The molecule has 0 radical (unpaired) electrons. The Hall–Kier alpha value is -8.36. The molecule has 9 rings (SSSR count). The first kappa shape index (κ1) is 62.2. The summed E-state index contributed by atoms with van der Waals surface area (Å²) in [5.74, 6) is -0.670. The molecular weight excluding hydrogens is 1140 g/mol. The van der Waals surface area contributed by atoms with Gasteiger partial charge in [-0.2, -0.15) is 0 Å². The number of hydrogen-bond donors (Lipinski definition) is 3. The first-order chi connectivity index (χ1) is 39.9. The maximum Gasteiger partial charge on any atom is 0.304 e. The average Bonchev–Trinajstić information content (AvgIpc) is 4.25. The van der Waals surface area contributed by atoms with Crippen molar-refractivity contribution < 1.29 is 62.5 Å². The van der Waals surface area contributed by atoms with E-state index in [9.17, 15) is 34.1 Å². The molecule has 0 bridgehead atoms. The van der Waals surface area contributed by atoms with Gasteiger partial charge in [-0.25, -0.2) is 19.3 Å². The second-order valence-corrected chi connectivity index (χ2v) is 22.9. The van der Waals surface area contributed by atoms with Crippen LogP contribution in [0.25, 0.3) is 33.4 Å². The molecule has 3 N–H and O–H groups in total. The van der Waals surface area contributed by atoms with Crippen LogP contribution in [0.15, 0.2) is 134 Å². The van der Waals surface area contributed by atoms with Gasteiger partial charge in [0.2, 0.25) is 0 Å². The topological polar surface area (TPSA) is 206 Å². The number of halogens is 2. The van der Waals surface area contributed by atoms with Gasteiger partial charge in [-0.3, -0.25) is 14.4 Å². The number of methoxy groups -OCH3 is 6. The van der Waals surface area contributed by atoms with Crippen LogP contribution in [0.1, 0.15) is 83.4 Å². The molecule has 0 aliphatic rings. The third-order valence-corrected chi connectivity index (χ3v) is 16.3. The fourth-order valence-electron chi connectivity index (χ4n) is 9.40. The predicted molar refractivity (Wildman–Crippen MR) is 323 cm³/mol. The SMILES string of the molecule is COc1cccc(OC)c1-c1cc(Cl)cc(C(CC(=O)O)c2ncc(C)s2)c1.COc1cccc(OC)c1-c1cc(F)cc(C(CC(=O)O)c2ncc(C)s2)c1.COc1cccc(OC)c1-c1cccc(C(CC(=O)O)c2ncc(C)s2)c1. The Labute approximate surface area is 497 Å². The lowest BCUT2D eigenvalue weighted by molar-refractivity contribution is -0.138. The summed E-state index contributed by atoms with van der Waals surface area (Å²) in [6, 6.07) is 34.3. The summed E-state index contributed by atoms with van der Waals surface area (Å²) in [7, 11) is 9.49. The molecule has 0 spiro atoms. The zero-order valence-corrected chi connectivity index (χ0v) is 50.1. The first-order valence-electron chi connectivity index (χ1n) is 25.7. The van der Waals surface area contributed by atoms with Gasteiger partial charge in [-0.05, 0) is 121 Å². The average molecular weight is 1200 g/mol. The van der Waals surface area contributed by atoms with E-state index in [1.165, 1.54) is 60.4 Å². The van der Waals surface area contributed by atoms with Crippen molar-refractivity contribution in [2.75, 3.05) is 42.7 Å². The summed E-state index contributed by atoms with van der Waals surface area (Å²) in [5.41, 5.74) is 6.69. The normalized spacial score (nSPS) is 11.8. The largest absolute Gasteiger partial charge is 0.496 e. The van der Waals surface area contributed by atoms with E-state index in [0.717, 1.165) is 58.0 Å². The van der Waals surface area contributed by atoms with Gasteiger partial charge in [0.25, 0.3) is 0 Å². The number of hydrogen-bond acceptors (Lipinski definition) is 15. The van der Waals surface area contributed by atoms with Crippen molar-refractivity contribution in [1.29, 1.82) is 0 Å². The van der Waals surface area contributed by atoms with Gasteiger partial charge < -0.3 is 43.7 Å². The molecule has 3 heterocycles. The highest BCUT2D eigenvalue weighted by Crippen LogP contribution is 2.45. The van der Waals surface area contributed by atoms with Gasteiger partial charge in [0.1, 0.15) is 55.3 Å². The van der Waals surface area contributed by atoms with Gasteiger partial charge in [-0.1, -0.05) is 60.1 Å². The van der Waals surface area contributed by atoms with Crippen LogP contribution in [-0.4, -0.2) is 90.8 Å². The van der Waals surface area contributed by atoms with E-state index in [2.05, 4.69) is 15.0 Å². The first-order valence-corrected chi connectivity index (χ1v) is 28.5. The Balaban J connectivity index is 0.000000179. The molecule has 83 heavy (non-hydrogen) atoms. The summed E-state index contributed by atoms with van der Waals surface area (Å²) in [5, 5.41) is 30.9. The monoisotopic (exact) mass is 1200 g/mol. The summed E-state index contributed by atoms with van der Waals surface area (Å²) in [4.78, 5) is 50.6. The van der Waals surface area contributed by atoms with E-state index in [4.69, 9.17) is 40.0 Å². The smallest absolute Gasteiger partial charge is 0.304 e. The van der Waals surface area contributed by atoms with E-state index in [-0.39, 0.29) is 25.2 Å². The van der Waals surface area contributed by atoms with Crippen LogP contribution >= 0.6 is 45.6 Å². The van der Waals surface area contributed by atoms with Crippen LogP contribution in [0.2, 0.25) is 5.02 Å². The fourth-order valence-corrected chi connectivity index (χ4v) is 12.4. The van der Waals surface area contributed by atoms with Gasteiger partial charge >= 0.3 is 17.9 Å². The highest BCUT2D eigenvalue weighted by atomic mass is 35.5. The molecule has 0 fully saturated rings. The molecule has 6 aromatic carbocycles. The summed E-state index contributed by atoms with van der Waals surface area (Å²) < 4.78 is 47.5. The van der Waals surface area contributed by atoms with E-state index >= 15 is 0 Å². The van der Waals surface area contributed by atoms with Crippen molar-refractivity contribution in [2.24, 2.45) is 0 Å². The number of aromatic nitrogens is 3. The lowest BCUT2D eigenvalue weighted by atomic mass is 9.92. The van der Waals surface area contributed by atoms with Gasteiger partial charge in [0, 0.05) is 56.0 Å². The van der Waals surface area contributed by atoms with Crippen LogP contribution < -0.4 is 28.4 Å². The van der Waals surface area contributed by atoms with Crippen LogP contribution in [0.3, 0.4) is 0 Å². The maximum absolute atomic E-state index is 14.6. The Morgan fingerprint density at radius 1 is 0.446 bits per heavy atom. The summed E-state index contributed by atoms with van der Waals surface area (Å²) in [6.07, 6.45) is 4.96. The quantitative estimate of drug-likeness (QED) is 0.0612. The molecule has 0 aliphatic heterocycles. The van der Waals surface area contributed by atoms with Gasteiger partial charge in [0.05, 0.1) is 78.6 Å². The zero-order valence-electron chi connectivity index (χ0n) is 46.9. The minimum Gasteiger partial charge on any atom is -0.496 e. The molecule has 0 saturated carbocycles. The molecule has 0 aliphatic carbocycles. The summed E-state index contributed by atoms with van der Waals surface area (Å²) >= 11 is 10.8. The number of thiazole rings is 3. The maximum atomic E-state index is 14.6. The van der Waals surface area contributed by atoms with Crippen molar-refractivity contribution in [2.45, 2.75) is 57.8 Å². The minimum atomic E-state index is -0.974. The van der Waals surface area contributed by atoms with Crippen molar-refractivity contribution in [3.63, 3.8) is 0 Å². The standard InChI is InChI=1S/C21H20ClNO4S.C21H20FNO4S.C21H21NO4S/c2*1-12-11-23-21(28-12)16(10-19(24)25)13-7-14(9-15(22)8-13)20-17(26-2)5-4-6-18(20)27-3;1-13-12-22-21(27-13)16(11-19(23)24)14-6-4-7-15(10-14)20-17(25-2)8-5-9-18(20)26-3/h2*4-9,11,16H,10H2,1-3H3,(H,24,25);4-10,12,16H,11H2,1-3H3,(H,23,24). The molecule has 20 heteroatoms. The van der Waals surface area contributed by atoms with Crippen molar-refractivity contribution >= 4 is 63.5 Å². The molecule has 3 atom stereocenters. The Morgan fingerprint density at radius 3 is 1.10 bits per heavy atom. The molecule has 15 nitrogen and oxygen atoms in total. The third-order valence-electron chi connectivity index (χ3n) is 13.0. The number of aliphatic carboxylic acids is 3. The number of carboxylic acids is 3. The van der Waals surface area contributed by atoms with E-state index in [1.807, 2.05) is 93.6 Å². The number of carbonyl (C=O) groups is 3. The molecule has 0 amide bonds. The number of carboxylic acid groups (broad SMARTS) is 3. The van der Waals surface area contributed by atoms with Crippen molar-refractivity contribution in [3.8, 4) is 67.9 Å². The lowest BCUT2D eigenvalue weighted by Crippen LogP contribution is -2.08. The highest BCUT2D eigenvalue weighted by molar-refractivity contribution is 7.12. The van der Waals surface area contributed by atoms with Crippen molar-refractivity contribution in [1.82, 2.24) is 15.0 Å². The third kappa shape index (κ3) is 15.8. The number of rotatable bonds is 21. The second-order valence-electron chi connectivity index (χ2n) is 18.7. The molecule has 3 aromatic heterocycles. The Morgan fingerprint density at radius 2 is 0.759 bits per heavy atom. The molecule has 3 unspecified atom stereocenters. The second kappa shape index (κ2) is 29.1. The zero-order chi connectivity index (χ0) is 59.9. The Kier molecular flexibility index (Phi) is 21.8. The fraction of sp³-hybridized carbons (Fsp3) is 0.238. The minimum absolute atomic E-state index is 0.0144. The molecule has 432 valence electrons. The van der Waals surface area contributed by atoms with E-state index < -0.39 is 35.6 Å². The number of benzene rings is 6. The van der Waals surface area contributed by atoms with Gasteiger partial charge in [0.15, 0.2) is 0 Å². The Bertz CT molecular complexity index is 3490. The summed E-state index contributed by atoms with van der Waals surface area (Å²) in [6.45, 7) is 5.81. The molecule has 0 saturated heterocycles. The predicted octanol–water partition coefficient (Wildman–Crippen LogP) is 15.0. The van der Waals surface area contributed by atoms with E-state index in [0.29, 0.717) is 61.2 Å². The molecule has 9 aromatic rings. The van der Waals surface area contributed by atoms with Crippen LogP contribution in [0.5, 0.6) is 34.5 Å². The van der Waals surface area contributed by atoms with Crippen LogP contribution in [0, 0.1) is 26.6 Å². The number of aryl methyl sites for hydroxylation is 3. The van der Waals surface area contributed by atoms with Gasteiger partial charge in [-0.15, -0.1) is 34.0 Å². The lowest BCUT2D eigenvalue weighted by Gasteiger charge is -2.17. The number of ether oxygens (including phenoxy) is 6.